The van der Waals surface area contributed by atoms with Crippen LogP contribution in [0.5, 0.6) is 0 Å². The zero-order valence-electron chi connectivity index (χ0n) is 13.0. The molecule has 4 bridgehead atoms. The predicted molar refractivity (Wildman–Crippen MR) is 76.0 cm³/mol. The van der Waals surface area contributed by atoms with Crippen LogP contribution in [0.25, 0.3) is 0 Å². The van der Waals surface area contributed by atoms with E-state index in [0.29, 0.717) is 23.2 Å². The second-order valence-corrected chi connectivity index (χ2v) is 9.25. The van der Waals surface area contributed by atoms with Gasteiger partial charge in [-0.3, -0.25) is 4.79 Å². The van der Waals surface area contributed by atoms with E-state index in [1.807, 2.05) is 0 Å². The number of halogens is 2. The molecule has 2 nitrogen and oxygen atoms in total. The molecule has 0 aromatic rings. The van der Waals surface area contributed by atoms with Gasteiger partial charge in [0.2, 0.25) is 5.91 Å². The molecule has 0 spiro atoms. The standard InChI is InChI=1S/C17H25F2NO/c1-14-5-11-6-15(2,8-14)10-16(7-11,9-14)20-13(21)12-3-4-17(12,18)19/h11-12H,3-10H2,1-2H3,(H,20,21). The van der Waals surface area contributed by atoms with Crippen LogP contribution in [0.4, 0.5) is 8.78 Å². The molecule has 21 heavy (non-hydrogen) atoms. The summed E-state index contributed by atoms with van der Waals surface area (Å²) in [6.07, 6.45) is 6.91. The number of rotatable bonds is 2. The first kappa shape index (κ1) is 14.0. The monoisotopic (exact) mass is 297 g/mol. The van der Waals surface area contributed by atoms with E-state index >= 15 is 0 Å². The molecule has 4 heteroatoms. The van der Waals surface area contributed by atoms with Crippen LogP contribution in [0.3, 0.4) is 0 Å². The van der Waals surface area contributed by atoms with Crippen LogP contribution in [0, 0.1) is 22.7 Å². The molecule has 0 heterocycles. The van der Waals surface area contributed by atoms with Gasteiger partial charge in [0, 0.05) is 12.0 Å². The van der Waals surface area contributed by atoms with Crippen molar-refractivity contribution in [2.24, 2.45) is 22.7 Å². The molecule has 0 radical (unpaired) electrons. The molecular weight excluding hydrogens is 272 g/mol. The van der Waals surface area contributed by atoms with E-state index in [2.05, 4.69) is 19.2 Å². The summed E-state index contributed by atoms with van der Waals surface area (Å²) in [5.74, 6) is -3.58. The van der Waals surface area contributed by atoms with E-state index < -0.39 is 11.8 Å². The number of nitrogens with one attached hydrogen (secondary N) is 1. The van der Waals surface area contributed by atoms with E-state index in [9.17, 15) is 13.6 Å². The quantitative estimate of drug-likeness (QED) is 0.823. The SMILES string of the molecule is CC12CC3CC(C)(C1)CC(NC(=O)C1CCC1(F)F)(C3)C2. The summed E-state index contributed by atoms with van der Waals surface area (Å²) >= 11 is 0. The Balaban J connectivity index is 1.56. The zero-order valence-corrected chi connectivity index (χ0v) is 13.0. The minimum Gasteiger partial charge on any atom is -0.350 e. The van der Waals surface area contributed by atoms with Crippen molar-refractivity contribution in [2.75, 3.05) is 0 Å². The van der Waals surface area contributed by atoms with Gasteiger partial charge in [-0.15, -0.1) is 0 Å². The molecule has 0 aromatic heterocycles. The van der Waals surface area contributed by atoms with Crippen molar-refractivity contribution in [1.29, 1.82) is 0 Å². The van der Waals surface area contributed by atoms with Gasteiger partial charge in [-0.2, -0.15) is 0 Å². The Labute approximate surface area is 125 Å². The Morgan fingerprint density at radius 1 is 1.05 bits per heavy atom. The van der Waals surface area contributed by atoms with Crippen LogP contribution in [-0.4, -0.2) is 17.4 Å². The third kappa shape index (κ3) is 2.04. The third-order valence-electron chi connectivity index (χ3n) is 6.61. The smallest absolute Gasteiger partial charge is 0.259 e. The molecule has 1 amide bonds. The maximum absolute atomic E-state index is 13.5. The van der Waals surface area contributed by atoms with E-state index in [-0.39, 0.29) is 17.9 Å². The van der Waals surface area contributed by atoms with Crippen LogP contribution >= 0.6 is 0 Å². The first-order chi connectivity index (χ1) is 9.63. The zero-order chi connectivity index (χ0) is 15.1. The minimum atomic E-state index is -2.78. The predicted octanol–water partition coefficient (Wildman–Crippen LogP) is 3.90. The first-order valence-electron chi connectivity index (χ1n) is 8.33. The van der Waals surface area contributed by atoms with Crippen LogP contribution in [0.15, 0.2) is 0 Å². The average molecular weight is 297 g/mol. The highest BCUT2D eigenvalue weighted by Crippen LogP contribution is 2.66. The van der Waals surface area contributed by atoms with Gasteiger partial charge >= 0.3 is 0 Å². The lowest BCUT2D eigenvalue weighted by molar-refractivity contribution is -0.171. The number of amides is 1. The molecule has 0 aromatic carbocycles. The average Bonchev–Trinajstić information content (AvgIpc) is 2.20. The van der Waals surface area contributed by atoms with Crippen molar-refractivity contribution in [1.82, 2.24) is 5.32 Å². The van der Waals surface area contributed by atoms with Gasteiger partial charge in [-0.25, -0.2) is 8.78 Å². The molecule has 118 valence electrons. The Hall–Kier alpha value is -0.670. The van der Waals surface area contributed by atoms with Crippen LogP contribution in [-0.2, 0) is 4.79 Å². The molecule has 0 aliphatic heterocycles. The molecule has 5 rings (SSSR count). The molecule has 5 aliphatic carbocycles. The number of hydrogen-bond donors (Lipinski definition) is 1. The van der Waals surface area contributed by atoms with E-state index in [4.69, 9.17) is 0 Å². The van der Waals surface area contributed by atoms with Crippen molar-refractivity contribution < 1.29 is 13.6 Å². The highest BCUT2D eigenvalue weighted by Gasteiger charge is 2.62. The van der Waals surface area contributed by atoms with Crippen LogP contribution in [0.1, 0.15) is 65.2 Å². The van der Waals surface area contributed by atoms with Gasteiger partial charge in [0.15, 0.2) is 0 Å². The summed E-state index contributed by atoms with van der Waals surface area (Å²) in [6, 6.07) is 0. The summed E-state index contributed by atoms with van der Waals surface area (Å²) in [6.45, 7) is 4.66. The molecule has 5 fully saturated rings. The molecule has 1 N–H and O–H groups in total. The van der Waals surface area contributed by atoms with Gasteiger partial charge in [0.1, 0.15) is 5.92 Å². The van der Waals surface area contributed by atoms with Crippen LogP contribution < -0.4 is 5.32 Å². The lowest BCUT2D eigenvalue weighted by atomic mass is 9.42. The van der Waals surface area contributed by atoms with Crippen molar-refractivity contribution in [3.63, 3.8) is 0 Å². The summed E-state index contributed by atoms with van der Waals surface area (Å²) in [7, 11) is 0. The van der Waals surface area contributed by atoms with Gasteiger partial charge in [0.05, 0.1) is 0 Å². The molecule has 0 saturated heterocycles. The molecule has 3 atom stereocenters. The fourth-order valence-corrected chi connectivity index (χ4v) is 6.77. The van der Waals surface area contributed by atoms with Crippen LogP contribution in [0.2, 0.25) is 0 Å². The van der Waals surface area contributed by atoms with Gasteiger partial charge < -0.3 is 5.32 Å². The van der Waals surface area contributed by atoms with Crippen molar-refractivity contribution in [2.45, 2.75) is 76.7 Å². The summed E-state index contributed by atoms with van der Waals surface area (Å²) in [4.78, 5) is 12.3. The highest BCUT2D eigenvalue weighted by atomic mass is 19.3. The molecular formula is C17H25F2NO. The Morgan fingerprint density at radius 3 is 2.10 bits per heavy atom. The summed E-state index contributed by atoms with van der Waals surface area (Å²) < 4.78 is 27.0. The van der Waals surface area contributed by atoms with Crippen molar-refractivity contribution in [3.05, 3.63) is 0 Å². The Kier molecular flexibility index (Phi) is 2.53. The summed E-state index contributed by atoms with van der Waals surface area (Å²) in [5, 5.41) is 3.11. The highest BCUT2D eigenvalue weighted by molar-refractivity contribution is 5.81. The van der Waals surface area contributed by atoms with E-state index in [1.54, 1.807) is 0 Å². The minimum absolute atomic E-state index is 0.129. The summed E-state index contributed by atoms with van der Waals surface area (Å²) in [5.41, 5.74) is 0.388. The van der Waals surface area contributed by atoms with E-state index in [1.165, 1.54) is 19.3 Å². The van der Waals surface area contributed by atoms with Gasteiger partial charge in [-0.1, -0.05) is 13.8 Å². The van der Waals surface area contributed by atoms with Gasteiger partial charge in [-0.05, 0) is 61.7 Å². The van der Waals surface area contributed by atoms with Gasteiger partial charge in [0.25, 0.3) is 5.92 Å². The normalized spacial score (nSPS) is 53.3. The van der Waals surface area contributed by atoms with Crippen molar-refractivity contribution in [3.8, 4) is 0 Å². The largest absolute Gasteiger partial charge is 0.350 e. The molecule has 3 unspecified atom stereocenters. The third-order valence-corrected chi connectivity index (χ3v) is 6.61. The second kappa shape index (κ2) is 3.80. The number of carbonyl (C=O) groups excluding carboxylic acids is 1. The topological polar surface area (TPSA) is 29.1 Å². The maximum Gasteiger partial charge on any atom is 0.259 e. The number of hydrogen-bond acceptors (Lipinski definition) is 1. The lowest BCUT2D eigenvalue weighted by Gasteiger charge is -2.65. The Bertz CT molecular complexity index is 485. The lowest BCUT2D eigenvalue weighted by Crippen LogP contribution is -2.66. The molecule has 5 saturated carbocycles. The fraction of sp³-hybridized carbons (Fsp3) is 0.941. The molecule has 5 aliphatic rings. The second-order valence-electron chi connectivity index (χ2n) is 9.25. The fourth-order valence-electron chi connectivity index (χ4n) is 6.77. The number of alkyl halides is 2. The first-order valence-corrected chi connectivity index (χ1v) is 8.33. The Morgan fingerprint density at radius 2 is 1.67 bits per heavy atom. The number of carbonyl (C=O) groups is 1. The maximum atomic E-state index is 13.5. The van der Waals surface area contributed by atoms with E-state index in [0.717, 1.165) is 19.3 Å². The van der Waals surface area contributed by atoms with Crippen molar-refractivity contribution >= 4 is 5.91 Å².